The Kier molecular flexibility index (Phi) is 4.71. The quantitative estimate of drug-likeness (QED) is 0.604. The molecule has 26 heavy (non-hydrogen) atoms. The van der Waals surface area contributed by atoms with Crippen molar-refractivity contribution in [3.05, 3.63) is 43.2 Å². The largest absolute Gasteiger partial charge is 0.497 e. The van der Waals surface area contributed by atoms with Crippen LogP contribution in [0.2, 0.25) is 0 Å². The number of nitrogens with zero attached hydrogens (tertiary/aromatic N) is 2. The number of rotatable bonds is 2. The first-order valence-electron chi connectivity index (χ1n) is 8.22. The number of amidine groups is 1. The molecule has 1 aromatic carbocycles. The average molecular weight is 388 g/mol. The number of hydrogen-bond donors (Lipinski definition) is 2. The van der Waals surface area contributed by atoms with Gasteiger partial charge in [-0.2, -0.15) is 0 Å². The highest BCUT2D eigenvalue weighted by atomic mass is 32.1. The Morgan fingerprint density at radius 3 is 2.88 bits per heavy atom. The number of nitrogens with one attached hydrogen (secondary N) is 1. The first-order valence-corrected chi connectivity index (χ1v) is 9.45. The van der Waals surface area contributed by atoms with E-state index in [1.54, 1.807) is 7.11 Å². The van der Waals surface area contributed by atoms with Gasteiger partial charge in [-0.3, -0.25) is 4.58 Å². The first-order chi connectivity index (χ1) is 12.6. The number of hydrogen-bond acceptors (Lipinski definition) is 5. The summed E-state index contributed by atoms with van der Waals surface area (Å²) in [4.78, 5) is 8.33. The molecule has 0 atom stereocenters. The second kappa shape index (κ2) is 7.14. The second-order valence-electron chi connectivity index (χ2n) is 5.93. The summed E-state index contributed by atoms with van der Waals surface area (Å²) in [5, 5.41) is 11.9. The van der Waals surface area contributed by atoms with Crippen LogP contribution in [0.25, 0.3) is 12.2 Å². The standard InChI is InChI=1S/C18H17N3O3S2/c1-23-13-2-3-14-11(9-13)8-12(10-15-17(22)20-18(25)26-15)16(19-14)21-4-6-24-7-5-21/h2-3,8-10H,4-7H2,1H3,(H,20,22,25)/p+1. The van der Waals surface area contributed by atoms with E-state index >= 15 is 0 Å². The number of aromatic hydroxyl groups is 1. The predicted octanol–water partition coefficient (Wildman–Crippen LogP) is 1.46. The number of thiazole rings is 1. The summed E-state index contributed by atoms with van der Waals surface area (Å²) < 4.78 is 13.5. The first kappa shape index (κ1) is 17.1. The van der Waals surface area contributed by atoms with Crippen molar-refractivity contribution in [1.82, 2.24) is 4.98 Å². The molecule has 2 aromatic rings. The van der Waals surface area contributed by atoms with Crippen LogP contribution in [0.1, 0.15) is 4.88 Å². The third kappa shape index (κ3) is 3.35. The van der Waals surface area contributed by atoms with Crippen LogP contribution in [-0.2, 0) is 4.74 Å². The molecule has 4 rings (SSSR count). The molecule has 134 valence electrons. The number of aromatic amines is 1. The van der Waals surface area contributed by atoms with E-state index in [1.807, 2.05) is 24.3 Å². The lowest BCUT2D eigenvalue weighted by Crippen LogP contribution is -2.38. The lowest BCUT2D eigenvalue weighted by Gasteiger charge is -2.16. The zero-order valence-corrected chi connectivity index (χ0v) is 15.8. The molecule has 2 N–H and O–H groups in total. The number of aromatic nitrogens is 1. The number of methoxy groups -OCH3 is 1. The summed E-state index contributed by atoms with van der Waals surface area (Å²) in [6, 6.07) is 5.83. The van der Waals surface area contributed by atoms with Crippen LogP contribution < -0.4 is 15.3 Å². The van der Waals surface area contributed by atoms with E-state index in [0.29, 0.717) is 22.0 Å². The van der Waals surface area contributed by atoms with Gasteiger partial charge in [-0.05, 0) is 47.6 Å². The van der Waals surface area contributed by atoms with E-state index in [4.69, 9.17) is 26.7 Å². The molecule has 0 unspecified atom stereocenters. The molecule has 0 amide bonds. The topological polar surface area (TPSA) is 69.8 Å². The van der Waals surface area contributed by atoms with E-state index < -0.39 is 0 Å². The molecule has 2 aliphatic rings. The lowest BCUT2D eigenvalue weighted by atomic mass is 10.1. The molecule has 0 bridgehead atoms. The maximum absolute atomic E-state index is 10.1. The van der Waals surface area contributed by atoms with Crippen molar-refractivity contribution in [3.63, 3.8) is 0 Å². The molecular formula is C18H18N3O3S2+. The highest BCUT2D eigenvalue weighted by Crippen LogP contribution is 2.25. The van der Waals surface area contributed by atoms with E-state index in [0.717, 1.165) is 40.8 Å². The fraction of sp³-hybridized carbons (Fsp3) is 0.278. The molecular weight excluding hydrogens is 370 g/mol. The van der Waals surface area contributed by atoms with E-state index in [2.05, 4.69) is 15.6 Å². The van der Waals surface area contributed by atoms with Crippen molar-refractivity contribution in [2.24, 2.45) is 4.99 Å². The fourth-order valence-electron chi connectivity index (χ4n) is 2.99. The van der Waals surface area contributed by atoms with Crippen molar-refractivity contribution in [2.75, 3.05) is 33.4 Å². The van der Waals surface area contributed by atoms with Crippen molar-refractivity contribution in [2.45, 2.75) is 0 Å². The van der Waals surface area contributed by atoms with Gasteiger partial charge in [0, 0.05) is 5.22 Å². The fourth-order valence-corrected chi connectivity index (χ4v) is 4.04. The number of morpholine rings is 1. The Labute approximate surface area is 159 Å². The summed E-state index contributed by atoms with van der Waals surface area (Å²) in [6.45, 7) is 2.92. The molecule has 0 saturated carbocycles. The molecule has 3 heterocycles. The highest BCUT2D eigenvalue weighted by molar-refractivity contribution is 7.73. The Morgan fingerprint density at radius 1 is 1.38 bits per heavy atom. The summed E-state index contributed by atoms with van der Waals surface area (Å²) in [6.07, 6.45) is 3.99. The zero-order chi connectivity index (χ0) is 18.1. The van der Waals surface area contributed by atoms with Gasteiger partial charge in [-0.25, -0.2) is 0 Å². The normalized spacial score (nSPS) is 18.3. The van der Waals surface area contributed by atoms with Crippen molar-refractivity contribution < 1.29 is 19.2 Å². The van der Waals surface area contributed by atoms with Gasteiger partial charge in [0.25, 0.3) is 0 Å². The minimum absolute atomic E-state index is 0.0821. The molecule has 8 heteroatoms. The van der Waals surface area contributed by atoms with Gasteiger partial charge in [0.05, 0.1) is 30.8 Å². The average Bonchev–Trinajstić information content (AvgIpc) is 2.98. The van der Waals surface area contributed by atoms with E-state index in [9.17, 15) is 5.11 Å². The van der Waals surface area contributed by atoms with Crippen LogP contribution in [0, 0.1) is 3.95 Å². The van der Waals surface area contributed by atoms with Crippen molar-refractivity contribution in [3.8, 4) is 11.6 Å². The van der Waals surface area contributed by atoms with Crippen LogP contribution in [0.5, 0.6) is 11.6 Å². The van der Waals surface area contributed by atoms with Gasteiger partial charge in [0.15, 0.2) is 9.31 Å². The van der Waals surface area contributed by atoms with Crippen LogP contribution >= 0.6 is 23.6 Å². The minimum atomic E-state index is 0.0821. The Bertz CT molecular complexity index is 1090. The summed E-state index contributed by atoms with van der Waals surface area (Å²) in [5.74, 6) is 1.74. The molecule has 2 aliphatic heterocycles. The third-order valence-electron chi connectivity index (χ3n) is 4.28. The van der Waals surface area contributed by atoms with E-state index in [1.165, 1.54) is 11.3 Å². The SMILES string of the molecule is COc1ccc2c(c1)=C/C(=C\c1sc(=S)[nH]c1O)C(=[N+]1CCOCC1)N=2. The molecule has 1 fully saturated rings. The van der Waals surface area contributed by atoms with Gasteiger partial charge in [-0.15, -0.1) is 11.3 Å². The molecule has 0 spiro atoms. The summed E-state index contributed by atoms with van der Waals surface area (Å²) in [7, 11) is 1.65. The van der Waals surface area contributed by atoms with Crippen molar-refractivity contribution >= 4 is 41.5 Å². The number of fused-ring (bicyclic) bond motifs is 1. The molecule has 1 saturated heterocycles. The maximum Gasteiger partial charge on any atom is 0.326 e. The van der Waals surface area contributed by atoms with Crippen LogP contribution in [-0.4, -0.2) is 53.9 Å². The number of ether oxygens (including phenoxy) is 2. The Hall–Kier alpha value is -2.29. The number of H-pyrrole nitrogens is 1. The van der Waals surface area contributed by atoms with Crippen LogP contribution in [0.4, 0.5) is 0 Å². The monoisotopic (exact) mass is 388 g/mol. The van der Waals surface area contributed by atoms with Gasteiger partial charge in [0.1, 0.15) is 18.8 Å². The highest BCUT2D eigenvalue weighted by Gasteiger charge is 2.24. The molecule has 6 nitrogen and oxygen atoms in total. The Balaban J connectivity index is 1.93. The summed E-state index contributed by atoms with van der Waals surface area (Å²) in [5.41, 5.74) is 0.924. The maximum atomic E-state index is 10.1. The Morgan fingerprint density at radius 2 is 2.19 bits per heavy atom. The summed E-state index contributed by atoms with van der Waals surface area (Å²) >= 11 is 6.46. The van der Waals surface area contributed by atoms with Gasteiger partial charge in [0.2, 0.25) is 5.88 Å². The lowest BCUT2D eigenvalue weighted by molar-refractivity contribution is -0.549. The predicted molar refractivity (Wildman–Crippen MR) is 103 cm³/mol. The second-order valence-corrected chi connectivity index (χ2v) is 7.65. The zero-order valence-electron chi connectivity index (χ0n) is 14.2. The smallest absolute Gasteiger partial charge is 0.326 e. The van der Waals surface area contributed by atoms with Gasteiger partial charge >= 0.3 is 5.84 Å². The van der Waals surface area contributed by atoms with E-state index in [-0.39, 0.29) is 5.88 Å². The third-order valence-corrected chi connectivity index (χ3v) is 5.45. The molecule has 0 radical (unpaired) electrons. The molecule has 0 aliphatic carbocycles. The van der Waals surface area contributed by atoms with Crippen molar-refractivity contribution in [1.29, 1.82) is 0 Å². The van der Waals surface area contributed by atoms with Crippen LogP contribution in [0.3, 0.4) is 0 Å². The van der Waals surface area contributed by atoms with Crippen LogP contribution in [0.15, 0.2) is 28.8 Å². The van der Waals surface area contributed by atoms with Gasteiger partial charge in [-0.1, -0.05) is 0 Å². The molecule has 1 aromatic heterocycles. The van der Waals surface area contributed by atoms with Gasteiger partial charge < -0.3 is 19.6 Å². The minimum Gasteiger partial charge on any atom is -0.497 e. The number of benzene rings is 1.